The third-order valence-corrected chi connectivity index (χ3v) is 0.368. The molecule has 0 fully saturated rings. The van der Waals surface area contributed by atoms with Gasteiger partial charge < -0.3 is 11.6 Å². The van der Waals surface area contributed by atoms with E-state index in [1.165, 1.54) is 0 Å². The van der Waals surface area contributed by atoms with Gasteiger partial charge in [-0.15, -0.1) is 0 Å². The maximum absolute atomic E-state index is 9.55. The van der Waals surface area contributed by atoms with E-state index < -0.39 is 11.9 Å². The zero-order valence-electron chi connectivity index (χ0n) is 6.37. The summed E-state index contributed by atoms with van der Waals surface area (Å²) in [6.07, 6.45) is 1.12. The molecule has 0 bridgehead atoms. The molecule has 0 aliphatic carbocycles. The van der Waals surface area contributed by atoms with Crippen molar-refractivity contribution in [2.24, 2.45) is 0 Å². The number of rotatable bonds is 2. The van der Waals surface area contributed by atoms with Gasteiger partial charge in [0, 0.05) is 38.4 Å². The van der Waals surface area contributed by atoms with E-state index >= 15 is 0 Å². The van der Waals surface area contributed by atoms with Crippen LogP contribution in [-0.4, -0.2) is 22.2 Å². The minimum atomic E-state index is -1.26. The molecule has 0 saturated heterocycles. The van der Waals surface area contributed by atoms with Crippen molar-refractivity contribution in [3.8, 4) is 0 Å². The van der Waals surface area contributed by atoms with E-state index in [4.69, 9.17) is 10.2 Å². The summed E-state index contributed by atoms with van der Waals surface area (Å²) in [7, 11) is 0. The summed E-state index contributed by atoms with van der Waals surface area (Å²) < 4.78 is 0. The van der Waals surface area contributed by atoms with Crippen molar-refractivity contribution in [1.82, 2.24) is 0 Å². The van der Waals surface area contributed by atoms with Crippen molar-refractivity contribution in [2.45, 2.75) is 0 Å². The van der Waals surface area contributed by atoms with Gasteiger partial charge in [-0.3, -0.25) is 0 Å². The Balaban J connectivity index is -0.0000000817. The second-order valence-corrected chi connectivity index (χ2v) is 1.01. The second-order valence-electron chi connectivity index (χ2n) is 1.01. The normalized spacial score (nSPS) is 7.60. The van der Waals surface area contributed by atoms with Crippen LogP contribution in [0.25, 0.3) is 0 Å². The minimum absolute atomic E-state index is 0. The summed E-state index contributed by atoms with van der Waals surface area (Å²) in [4.78, 5) is 19.1. The Morgan fingerprint density at radius 3 is 1.40 bits per heavy atom. The van der Waals surface area contributed by atoms with Crippen LogP contribution in [0.3, 0.4) is 0 Å². The van der Waals surface area contributed by atoms with Crippen LogP contribution in [0.5, 0.6) is 0 Å². The van der Waals surface area contributed by atoms with Gasteiger partial charge in [-0.25, -0.2) is 9.59 Å². The first-order valence-electron chi connectivity index (χ1n) is 1.77. The molecule has 0 unspecified atom stereocenters. The van der Waals surface area contributed by atoms with Crippen molar-refractivity contribution >= 4 is 11.9 Å². The van der Waals surface area contributed by atoms with Crippen molar-refractivity contribution < 1.29 is 98.8 Å². The molecule has 0 aromatic carbocycles. The number of carbonyl (C=O) groups is 2. The predicted octanol–water partition coefficient (Wildman–Crippen LogP) is -3.17. The predicted molar refractivity (Wildman–Crippen MR) is 25.5 cm³/mol. The summed E-state index contributed by atoms with van der Waals surface area (Å²) in [6.45, 7) is 0. The Bertz CT molecular complexity index is 133. The third-order valence-electron chi connectivity index (χ3n) is 0.368. The average Bonchev–Trinajstić information content (AvgIpc) is 1.61. The summed E-state index contributed by atoms with van der Waals surface area (Å²) in [5.74, 6) is -2.51. The fraction of sp³-hybridized carbons (Fsp3) is 0. The third kappa shape index (κ3) is 16.1. The van der Waals surface area contributed by atoms with Crippen molar-refractivity contribution in [1.29, 1.82) is 0 Å². The van der Waals surface area contributed by atoms with Gasteiger partial charge >= 0.3 is 63.3 Å². The molecule has 0 atom stereocenters. The molecule has 0 aliphatic heterocycles. The Labute approximate surface area is 121 Å². The summed E-state index contributed by atoms with van der Waals surface area (Å²) >= 11 is 0. The zero-order valence-corrected chi connectivity index (χ0v) is 10.9. The van der Waals surface area contributed by atoms with E-state index in [1.54, 1.807) is 0 Å². The maximum atomic E-state index is 9.55. The van der Waals surface area contributed by atoms with Gasteiger partial charge in [0.05, 0.1) is 0 Å². The van der Waals surface area contributed by atoms with Crippen LogP contribution in [0.1, 0.15) is 1.43 Å². The molecule has 0 rings (SSSR count). The van der Waals surface area contributed by atoms with E-state index in [2.05, 4.69) is 0 Å². The van der Waals surface area contributed by atoms with Crippen LogP contribution in [-0.2, 0) is 35.8 Å². The van der Waals surface area contributed by atoms with Gasteiger partial charge in [-0.05, 0) is 0 Å². The average molecular weight is 247 g/mol. The number of hydrogen-bond acceptors (Lipinski definition) is 2. The van der Waals surface area contributed by atoms with Gasteiger partial charge in [0.15, 0.2) is 0 Å². The number of aliphatic carboxylic acids is 2. The second kappa shape index (κ2) is 10.2. The molecule has 4 nitrogen and oxygen atoms in total. The molecule has 0 aliphatic rings. The fourth-order valence-electron chi connectivity index (χ4n) is 0.143. The first kappa shape index (κ1) is 17.3. The van der Waals surface area contributed by atoms with Crippen LogP contribution in [0, 0.1) is 0 Å². The van der Waals surface area contributed by atoms with E-state index in [0.29, 0.717) is 12.2 Å². The van der Waals surface area contributed by atoms with Crippen molar-refractivity contribution in [2.75, 3.05) is 0 Å². The number of hydrogen-bond donors (Lipinski definition) is 2. The van der Waals surface area contributed by atoms with Crippen LogP contribution in [0.2, 0.25) is 0 Å². The Kier molecular flexibility index (Phi) is 17.7. The topological polar surface area (TPSA) is 74.6 Å². The summed E-state index contributed by atoms with van der Waals surface area (Å²) in [5.41, 5.74) is 0. The van der Waals surface area contributed by atoms with Crippen LogP contribution >= 0.6 is 0 Å². The molecule has 2 N–H and O–H groups in total. The Morgan fingerprint density at radius 2 is 1.30 bits per heavy atom. The molecule has 0 saturated carbocycles. The van der Waals surface area contributed by atoms with Gasteiger partial charge in [0.25, 0.3) is 0 Å². The molecule has 0 amide bonds. The van der Waals surface area contributed by atoms with E-state index in [0.717, 1.165) is 0 Å². The van der Waals surface area contributed by atoms with Gasteiger partial charge in [-0.2, -0.15) is 0 Å². The fourth-order valence-corrected chi connectivity index (χ4v) is 0.143. The molecular formula is C4H5KO4Zr. The van der Waals surface area contributed by atoms with Crippen molar-refractivity contribution in [3.05, 3.63) is 12.2 Å². The van der Waals surface area contributed by atoms with Crippen LogP contribution in [0.15, 0.2) is 12.2 Å². The molecule has 0 radical (unpaired) electrons. The first-order valence-corrected chi connectivity index (χ1v) is 1.77. The van der Waals surface area contributed by atoms with E-state index in [-0.39, 0.29) is 79.0 Å². The van der Waals surface area contributed by atoms with Crippen LogP contribution in [0.4, 0.5) is 0 Å². The first-order chi connectivity index (χ1) is 3.63. The van der Waals surface area contributed by atoms with E-state index in [1.807, 2.05) is 0 Å². The van der Waals surface area contributed by atoms with Gasteiger partial charge in [0.2, 0.25) is 0 Å². The molecule has 0 heterocycles. The smallest absolute Gasteiger partial charge is 1.00 e. The SMILES string of the molecule is O=C(O)C=CC(=O)O.[H-].[K+].[Zr]. The molecular weight excluding hydrogens is 242 g/mol. The largest absolute Gasteiger partial charge is 1.00 e. The molecule has 10 heavy (non-hydrogen) atoms. The van der Waals surface area contributed by atoms with Crippen LogP contribution < -0.4 is 51.4 Å². The number of carboxylic acids is 2. The monoisotopic (exact) mass is 246 g/mol. The molecule has 0 spiro atoms. The molecule has 50 valence electrons. The van der Waals surface area contributed by atoms with Crippen molar-refractivity contribution in [3.63, 3.8) is 0 Å². The summed E-state index contributed by atoms with van der Waals surface area (Å²) in [5, 5.41) is 15.6. The van der Waals surface area contributed by atoms with Gasteiger partial charge in [0.1, 0.15) is 0 Å². The quantitative estimate of drug-likeness (QED) is 0.399. The van der Waals surface area contributed by atoms with Gasteiger partial charge in [-0.1, -0.05) is 0 Å². The minimum Gasteiger partial charge on any atom is -1.00 e. The molecule has 6 heteroatoms. The number of carboxylic acid groups (broad SMARTS) is 2. The molecule has 0 aromatic heterocycles. The Morgan fingerprint density at radius 1 is 1.10 bits per heavy atom. The standard InChI is InChI=1S/C4H4O4.K.Zr.H/c5-3(6)1-2-4(7)8;;;/h1-2H,(H,5,6)(H,7,8);;;/q;+1;;-1. The summed E-state index contributed by atoms with van der Waals surface area (Å²) in [6, 6.07) is 0. The Hall–Kier alpha value is 1.20. The zero-order chi connectivity index (χ0) is 6.57. The van der Waals surface area contributed by atoms with E-state index in [9.17, 15) is 9.59 Å². The molecule has 0 aromatic rings. The maximum Gasteiger partial charge on any atom is 1.00 e.